The number of fused-ring (bicyclic) bond motifs is 5. The molecule has 0 aromatic heterocycles. The Morgan fingerprint density at radius 2 is 1.41 bits per heavy atom. The van der Waals surface area contributed by atoms with Gasteiger partial charge in [-0.3, -0.25) is 19.3 Å². The number of carbonyl (C=O) groups excluding carboxylic acids is 3. The van der Waals surface area contributed by atoms with Crippen molar-refractivity contribution in [2.75, 3.05) is 10.2 Å². The first kappa shape index (κ1) is 19.0. The summed E-state index contributed by atoms with van der Waals surface area (Å²) in [4.78, 5) is 40.4. The molecular weight excluding hydrogens is 500 g/mol. The van der Waals surface area contributed by atoms with Crippen molar-refractivity contribution in [3.05, 3.63) is 60.2 Å². The first-order valence-electron chi connectivity index (χ1n) is 9.60. The number of rotatable bonds is 3. The van der Waals surface area contributed by atoms with Crippen LogP contribution in [0.25, 0.3) is 0 Å². The molecule has 2 aromatic carbocycles. The maximum absolute atomic E-state index is 13.1. The molecule has 3 aliphatic rings. The SMILES string of the molecule is O=C(Nc1ccccc1)c1ccc(N2C(=O)[C@@H]3[C@H]4C[C@@H]([C@H](Br)[C@@H]4Br)[C@@H]3C2=O)cc1. The highest BCUT2D eigenvalue weighted by atomic mass is 79.9. The van der Waals surface area contributed by atoms with E-state index in [0.717, 1.165) is 6.42 Å². The molecule has 3 fully saturated rings. The molecule has 3 amide bonds. The quantitative estimate of drug-likeness (QED) is 0.489. The zero-order valence-electron chi connectivity index (χ0n) is 15.3. The normalized spacial score (nSPS) is 32.6. The van der Waals surface area contributed by atoms with E-state index in [1.807, 2.05) is 30.3 Å². The van der Waals surface area contributed by atoms with Crippen LogP contribution in [0.3, 0.4) is 0 Å². The summed E-state index contributed by atoms with van der Waals surface area (Å²) >= 11 is 7.40. The van der Waals surface area contributed by atoms with Crippen LogP contribution in [-0.4, -0.2) is 27.4 Å². The fourth-order valence-corrected chi connectivity index (χ4v) is 6.96. The van der Waals surface area contributed by atoms with Crippen molar-refractivity contribution in [1.82, 2.24) is 0 Å². The molecule has 1 aliphatic heterocycles. The molecule has 0 radical (unpaired) electrons. The van der Waals surface area contributed by atoms with Crippen LogP contribution in [0.15, 0.2) is 54.6 Å². The third-order valence-corrected chi connectivity index (χ3v) is 9.61. The van der Waals surface area contributed by atoms with Gasteiger partial charge in [-0.1, -0.05) is 50.1 Å². The van der Waals surface area contributed by atoms with E-state index in [1.165, 1.54) is 4.90 Å². The average molecular weight is 518 g/mol. The predicted octanol–water partition coefficient (Wildman–Crippen LogP) is 4.22. The second kappa shape index (κ2) is 7.06. The smallest absolute Gasteiger partial charge is 0.255 e. The molecule has 2 saturated carbocycles. The molecule has 29 heavy (non-hydrogen) atoms. The number of imide groups is 1. The summed E-state index contributed by atoms with van der Waals surface area (Å²) in [5, 5.41) is 2.83. The van der Waals surface area contributed by atoms with Crippen molar-refractivity contribution in [2.45, 2.75) is 16.1 Å². The van der Waals surface area contributed by atoms with Gasteiger partial charge in [-0.15, -0.1) is 0 Å². The van der Waals surface area contributed by atoms with Gasteiger partial charge in [0.1, 0.15) is 0 Å². The average Bonchev–Trinajstić information content (AvgIpc) is 3.34. The highest BCUT2D eigenvalue weighted by Crippen LogP contribution is 2.60. The molecule has 148 valence electrons. The molecule has 1 N–H and O–H groups in total. The number of alkyl halides is 2. The van der Waals surface area contributed by atoms with Crippen LogP contribution in [0.4, 0.5) is 11.4 Å². The number of amides is 3. The number of hydrogen-bond donors (Lipinski definition) is 1. The van der Waals surface area contributed by atoms with E-state index in [4.69, 9.17) is 0 Å². The molecule has 1 saturated heterocycles. The van der Waals surface area contributed by atoms with Crippen LogP contribution in [0.2, 0.25) is 0 Å². The molecule has 7 heteroatoms. The van der Waals surface area contributed by atoms with E-state index in [-0.39, 0.29) is 51.0 Å². The Morgan fingerprint density at radius 3 is 1.97 bits per heavy atom. The number of para-hydroxylation sites is 1. The summed E-state index contributed by atoms with van der Waals surface area (Å²) in [6, 6.07) is 15.9. The number of anilines is 2. The van der Waals surface area contributed by atoms with E-state index in [1.54, 1.807) is 24.3 Å². The summed E-state index contributed by atoms with van der Waals surface area (Å²) in [5.74, 6) is -0.575. The van der Waals surface area contributed by atoms with Gasteiger partial charge in [0, 0.05) is 20.9 Å². The first-order valence-corrected chi connectivity index (χ1v) is 11.4. The Bertz CT molecular complexity index is 963. The minimum absolute atomic E-state index is 0.113. The molecule has 2 bridgehead atoms. The van der Waals surface area contributed by atoms with E-state index in [9.17, 15) is 14.4 Å². The molecule has 0 unspecified atom stereocenters. The third kappa shape index (κ3) is 2.89. The van der Waals surface area contributed by atoms with Gasteiger partial charge >= 0.3 is 0 Å². The minimum atomic E-state index is -0.244. The number of halogens is 2. The maximum Gasteiger partial charge on any atom is 0.255 e. The van der Waals surface area contributed by atoms with Gasteiger partial charge in [-0.2, -0.15) is 0 Å². The van der Waals surface area contributed by atoms with Crippen LogP contribution in [0.1, 0.15) is 16.8 Å². The highest BCUT2D eigenvalue weighted by molar-refractivity contribution is 9.12. The van der Waals surface area contributed by atoms with Crippen molar-refractivity contribution in [2.24, 2.45) is 23.7 Å². The van der Waals surface area contributed by atoms with Crippen molar-refractivity contribution < 1.29 is 14.4 Å². The van der Waals surface area contributed by atoms with Crippen molar-refractivity contribution in [1.29, 1.82) is 0 Å². The molecule has 6 atom stereocenters. The fraction of sp³-hybridized carbons (Fsp3) is 0.318. The van der Waals surface area contributed by atoms with Gasteiger partial charge < -0.3 is 5.32 Å². The Morgan fingerprint density at radius 1 is 0.862 bits per heavy atom. The lowest BCUT2D eigenvalue weighted by atomic mass is 9.81. The van der Waals surface area contributed by atoms with Gasteiger partial charge in [0.05, 0.1) is 17.5 Å². The lowest BCUT2D eigenvalue weighted by Crippen LogP contribution is -2.37. The van der Waals surface area contributed by atoms with Gasteiger partial charge in [0.2, 0.25) is 11.8 Å². The van der Waals surface area contributed by atoms with Crippen LogP contribution in [0, 0.1) is 23.7 Å². The third-order valence-electron chi connectivity index (χ3n) is 6.41. The van der Waals surface area contributed by atoms with Crippen molar-refractivity contribution in [3.63, 3.8) is 0 Å². The van der Waals surface area contributed by atoms with Crippen molar-refractivity contribution in [3.8, 4) is 0 Å². The lowest BCUT2D eigenvalue weighted by molar-refractivity contribution is -0.123. The molecule has 1 heterocycles. The zero-order chi connectivity index (χ0) is 20.3. The number of benzene rings is 2. The fourth-order valence-electron chi connectivity index (χ4n) is 5.09. The number of nitrogens with zero attached hydrogens (tertiary/aromatic N) is 1. The zero-order valence-corrected chi connectivity index (χ0v) is 18.5. The van der Waals surface area contributed by atoms with Gasteiger partial charge in [-0.05, 0) is 54.7 Å². The minimum Gasteiger partial charge on any atom is -0.322 e. The second-order valence-corrected chi connectivity index (χ2v) is 10.00. The molecule has 0 spiro atoms. The molecular formula is C22H18Br2N2O3. The van der Waals surface area contributed by atoms with Crippen LogP contribution >= 0.6 is 31.9 Å². The van der Waals surface area contributed by atoms with Crippen LogP contribution in [-0.2, 0) is 9.59 Å². The molecule has 5 nitrogen and oxygen atoms in total. The summed E-state index contributed by atoms with van der Waals surface area (Å²) in [6.45, 7) is 0. The Kier molecular flexibility index (Phi) is 4.62. The van der Waals surface area contributed by atoms with Gasteiger partial charge in [0.15, 0.2) is 0 Å². The Labute approximate surface area is 185 Å². The highest BCUT2D eigenvalue weighted by Gasteiger charge is 2.66. The largest absolute Gasteiger partial charge is 0.322 e. The van der Waals surface area contributed by atoms with E-state index in [0.29, 0.717) is 16.9 Å². The topological polar surface area (TPSA) is 66.5 Å². The summed E-state index contributed by atoms with van der Waals surface area (Å²) in [5.41, 5.74) is 1.71. The van der Waals surface area contributed by atoms with Crippen LogP contribution in [0.5, 0.6) is 0 Å². The van der Waals surface area contributed by atoms with E-state index in [2.05, 4.69) is 37.2 Å². The standard InChI is InChI=1S/C22H18Br2N2O3/c23-18-14-10-15(19(18)24)17-16(14)21(28)26(22(17)29)13-8-6-11(7-9-13)20(27)25-12-4-2-1-3-5-12/h1-9,14-19H,10H2,(H,25,27)/t14-,15-,16-,17+,18-,19+/m1/s1. The van der Waals surface area contributed by atoms with E-state index >= 15 is 0 Å². The monoisotopic (exact) mass is 516 g/mol. The number of hydrogen-bond acceptors (Lipinski definition) is 3. The van der Waals surface area contributed by atoms with Gasteiger partial charge in [-0.25, -0.2) is 0 Å². The van der Waals surface area contributed by atoms with Gasteiger partial charge in [0.25, 0.3) is 5.91 Å². The Hall–Kier alpha value is -1.99. The molecule has 2 aliphatic carbocycles. The maximum atomic E-state index is 13.1. The van der Waals surface area contributed by atoms with Crippen LogP contribution < -0.4 is 10.2 Å². The number of nitrogens with one attached hydrogen (secondary N) is 1. The summed E-state index contributed by atoms with van der Waals surface area (Å²) < 4.78 is 0. The number of carbonyl (C=O) groups is 3. The Balaban J connectivity index is 1.36. The molecule has 2 aromatic rings. The second-order valence-electron chi connectivity index (χ2n) is 7.88. The molecule has 5 rings (SSSR count). The van der Waals surface area contributed by atoms with Crippen molar-refractivity contribution >= 4 is 61.0 Å². The first-order chi connectivity index (χ1) is 14.0. The lowest BCUT2D eigenvalue weighted by Gasteiger charge is -2.28. The predicted molar refractivity (Wildman–Crippen MR) is 117 cm³/mol. The summed E-state index contributed by atoms with van der Waals surface area (Å²) in [7, 11) is 0. The van der Waals surface area contributed by atoms with E-state index < -0.39 is 0 Å². The summed E-state index contributed by atoms with van der Waals surface area (Å²) in [6.07, 6.45) is 0.908.